The summed E-state index contributed by atoms with van der Waals surface area (Å²) in [5.41, 5.74) is -2.17. The van der Waals surface area contributed by atoms with Crippen molar-refractivity contribution in [2.75, 3.05) is 19.3 Å². The lowest BCUT2D eigenvalue weighted by molar-refractivity contribution is -0.140. The van der Waals surface area contributed by atoms with Crippen LogP contribution in [0.25, 0.3) is 0 Å². The van der Waals surface area contributed by atoms with Crippen molar-refractivity contribution < 1.29 is 26.0 Å². The Hall–Kier alpha value is -1.19. The first kappa shape index (κ1) is 18.6. The lowest BCUT2D eigenvalue weighted by Gasteiger charge is -2.32. The summed E-state index contributed by atoms with van der Waals surface area (Å²) in [4.78, 5) is 0. The highest BCUT2D eigenvalue weighted by atomic mass is 32.2. The number of hydrogen-bond acceptors (Lipinski definition) is 3. The van der Waals surface area contributed by atoms with Crippen LogP contribution in [0.15, 0.2) is 18.2 Å². The van der Waals surface area contributed by atoms with Crippen LogP contribution in [-0.2, 0) is 21.7 Å². The number of nitrogens with zero attached hydrogens (tertiary/aromatic N) is 1. The number of alkyl halides is 3. The second-order valence-electron chi connectivity index (χ2n) is 6.81. The predicted octanol–water partition coefficient (Wildman–Crippen LogP) is 2.85. The molecule has 25 heavy (non-hydrogen) atoms. The molecule has 1 N–H and O–H groups in total. The van der Waals surface area contributed by atoms with Gasteiger partial charge in [-0.05, 0) is 49.9 Å². The molecule has 1 atom stereocenters. The van der Waals surface area contributed by atoms with Crippen LogP contribution in [0.1, 0.15) is 36.8 Å². The average Bonchev–Trinajstić information content (AvgIpc) is 3.11. The molecule has 0 radical (unpaired) electrons. The molecule has 2 fully saturated rings. The van der Waals surface area contributed by atoms with E-state index in [1.807, 2.05) is 0 Å². The van der Waals surface area contributed by atoms with Gasteiger partial charge in [0.1, 0.15) is 5.82 Å². The summed E-state index contributed by atoms with van der Waals surface area (Å²) in [5, 5.41) is 3.21. The van der Waals surface area contributed by atoms with Gasteiger partial charge in [0.05, 0.1) is 17.4 Å². The first-order chi connectivity index (χ1) is 11.5. The van der Waals surface area contributed by atoms with Gasteiger partial charge in [-0.25, -0.2) is 12.8 Å². The number of rotatable bonds is 5. The van der Waals surface area contributed by atoms with Gasteiger partial charge in [-0.2, -0.15) is 17.5 Å². The summed E-state index contributed by atoms with van der Waals surface area (Å²) < 4.78 is 78.6. The molecule has 1 heterocycles. The molecule has 4 nitrogen and oxygen atoms in total. The highest BCUT2D eigenvalue weighted by molar-refractivity contribution is 7.88. The van der Waals surface area contributed by atoms with Crippen LogP contribution in [0.3, 0.4) is 0 Å². The third-order valence-corrected chi connectivity index (χ3v) is 6.26. The van der Waals surface area contributed by atoms with Gasteiger partial charge in [0.25, 0.3) is 0 Å². The van der Waals surface area contributed by atoms with Crippen LogP contribution in [0.2, 0.25) is 0 Å². The van der Waals surface area contributed by atoms with Gasteiger partial charge in [-0.3, -0.25) is 0 Å². The van der Waals surface area contributed by atoms with Crippen molar-refractivity contribution >= 4 is 10.0 Å². The Kier molecular flexibility index (Phi) is 4.62. The molecule has 0 bridgehead atoms. The Labute approximate surface area is 144 Å². The van der Waals surface area contributed by atoms with Crippen LogP contribution >= 0.6 is 0 Å². The molecular formula is C16H20F4N2O2S. The Bertz CT molecular complexity index is 754. The minimum absolute atomic E-state index is 0.0188. The van der Waals surface area contributed by atoms with Crippen molar-refractivity contribution in [2.45, 2.75) is 43.4 Å². The molecule has 2 aliphatic rings. The van der Waals surface area contributed by atoms with Crippen LogP contribution in [0.5, 0.6) is 0 Å². The second-order valence-corrected chi connectivity index (χ2v) is 8.72. The minimum atomic E-state index is -4.82. The number of halogens is 4. The number of hydrogen-bond donors (Lipinski definition) is 1. The topological polar surface area (TPSA) is 49.4 Å². The quantitative estimate of drug-likeness (QED) is 0.800. The van der Waals surface area contributed by atoms with Crippen LogP contribution in [0.4, 0.5) is 17.6 Å². The lowest BCUT2D eigenvalue weighted by Crippen LogP contribution is -2.46. The summed E-state index contributed by atoms with van der Waals surface area (Å²) in [6.45, 7) is 1.00. The molecule has 1 aliphatic carbocycles. The molecular weight excluding hydrogens is 360 g/mol. The molecule has 1 aromatic carbocycles. The second kappa shape index (κ2) is 6.21. The van der Waals surface area contributed by atoms with E-state index in [2.05, 4.69) is 5.32 Å². The van der Waals surface area contributed by atoms with Gasteiger partial charge < -0.3 is 5.32 Å². The van der Waals surface area contributed by atoms with Gasteiger partial charge in [-0.15, -0.1) is 0 Å². The molecule has 1 aromatic rings. The third-order valence-electron chi connectivity index (χ3n) is 4.96. The van der Waals surface area contributed by atoms with Crippen molar-refractivity contribution in [1.29, 1.82) is 0 Å². The van der Waals surface area contributed by atoms with E-state index in [-0.39, 0.29) is 18.2 Å². The smallest absolute Gasteiger partial charge is 0.313 e. The van der Waals surface area contributed by atoms with Crippen molar-refractivity contribution in [2.24, 2.45) is 0 Å². The van der Waals surface area contributed by atoms with Crippen molar-refractivity contribution in [3.63, 3.8) is 0 Å². The van der Waals surface area contributed by atoms with Gasteiger partial charge in [0, 0.05) is 12.6 Å². The standard InChI is InChI=1S/C16H20F4N2O2S/c1-25(23,24)22(10-12-3-2-8-21-12)15(6-7-15)11-4-5-14(17)13(9-11)16(18,19)20/h4-5,9,12,21H,2-3,6-8,10H2,1H3/t12-/m1/s1. The van der Waals surface area contributed by atoms with E-state index < -0.39 is 33.1 Å². The molecule has 140 valence electrons. The normalized spacial score (nSPS) is 23.2. The van der Waals surface area contributed by atoms with Crippen LogP contribution < -0.4 is 5.32 Å². The Balaban J connectivity index is 1.99. The fourth-order valence-corrected chi connectivity index (χ4v) is 4.95. The van der Waals surface area contributed by atoms with Crippen LogP contribution in [-0.4, -0.2) is 38.1 Å². The van der Waals surface area contributed by atoms with E-state index in [4.69, 9.17) is 0 Å². The van der Waals surface area contributed by atoms with E-state index in [0.717, 1.165) is 37.8 Å². The summed E-state index contributed by atoms with van der Waals surface area (Å²) in [7, 11) is -3.64. The highest BCUT2D eigenvalue weighted by Crippen LogP contribution is 2.53. The maximum absolute atomic E-state index is 13.6. The van der Waals surface area contributed by atoms with Gasteiger partial charge in [-0.1, -0.05) is 6.07 Å². The average molecular weight is 380 g/mol. The summed E-state index contributed by atoms with van der Waals surface area (Å²) in [5.74, 6) is -1.35. The maximum atomic E-state index is 13.6. The predicted molar refractivity (Wildman–Crippen MR) is 84.9 cm³/mol. The zero-order valence-corrected chi connectivity index (χ0v) is 14.6. The van der Waals surface area contributed by atoms with Crippen molar-refractivity contribution in [3.05, 3.63) is 35.1 Å². The zero-order chi connectivity index (χ0) is 18.5. The summed E-state index contributed by atoms with van der Waals surface area (Å²) in [6.07, 6.45) is -1.15. The molecule has 1 saturated heterocycles. The van der Waals surface area contributed by atoms with E-state index in [1.54, 1.807) is 0 Å². The van der Waals surface area contributed by atoms with E-state index in [9.17, 15) is 26.0 Å². The SMILES string of the molecule is CS(=O)(=O)N(C[C@H]1CCCN1)C1(c2ccc(F)c(C(F)(F)F)c2)CC1. The summed E-state index contributed by atoms with van der Waals surface area (Å²) >= 11 is 0. The fraction of sp³-hybridized carbons (Fsp3) is 0.625. The van der Waals surface area contributed by atoms with E-state index in [1.165, 1.54) is 10.4 Å². The third kappa shape index (κ3) is 3.68. The summed E-state index contributed by atoms with van der Waals surface area (Å²) in [6, 6.07) is 2.77. The molecule has 0 aromatic heterocycles. The minimum Gasteiger partial charge on any atom is -0.313 e. The Morgan fingerprint density at radius 3 is 2.48 bits per heavy atom. The largest absolute Gasteiger partial charge is 0.419 e. The molecule has 1 aliphatic heterocycles. The van der Waals surface area contributed by atoms with E-state index >= 15 is 0 Å². The molecule has 1 saturated carbocycles. The first-order valence-corrected chi connectivity index (χ1v) is 9.97. The Morgan fingerprint density at radius 2 is 2.00 bits per heavy atom. The molecule has 0 unspecified atom stereocenters. The molecule has 9 heteroatoms. The van der Waals surface area contributed by atoms with Crippen LogP contribution in [0, 0.1) is 5.82 Å². The molecule has 0 amide bonds. The van der Waals surface area contributed by atoms with E-state index in [0.29, 0.717) is 12.8 Å². The van der Waals surface area contributed by atoms with Gasteiger partial charge in [0.2, 0.25) is 10.0 Å². The first-order valence-electron chi connectivity index (χ1n) is 8.12. The zero-order valence-electron chi connectivity index (χ0n) is 13.7. The van der Waals surface area contributed by atoms with Crippen molar-refractivity contribution in [1.82, 2.24) is 9.62 Å². The number of benzene rings is 1. The van der Waals surface area contributed by atoms with Gasteiger partial charge >= 0.3 is 6.18 Å². The monoisotopic (exact) mass is 380 g/mol. The maximum Gasteiger partial charge on any atom is 0.419 e. The number of sulfonamides is 1. The Morgan fingerprint density at radius 1 is 1.32 bits per heavy atom. The molecule has 3 rings (SSSR count). The van der Waals surface area contributed by atoms with Gasteiger partial charge in [0.15, 0.2) is 0 Å². The number of nitrogens with one attached hydrogen (secondary N) is 1. The lowest BCUT2D eigenvalue weighted by atomic mass is 10.0. The fourth-order valence-electron chi connectivity index (χ4n) is 3.57. The molecule has 0 spiro atoms. The van der Waals surface area contributed by atoms with Crippen molar-refractivity contribution in [3.8, 4) is 0 Å². The highest BCUT2D eigenvalue weighted by Gasteiger charge is 2.54.